The van der Waals surface area contributed by atoms with Crippen LogP contribution >= 0.6 is 0 Å². The van der Waals surface area contributed by atoms with Crippen LogP contribution in [-0.4, -0.2) is 70.3 Å². The number of carbonyl (C=O) groups excluding carboxylic acids is 4. The molecule has 0 saturated carbocycles. The summed E-state index contributed by atoms with van der Waals surface area (Å²) in [4.78, 5) is 71.2. The molecule has 0 fully saturated rings. The summed E-state index contributed by atoms with van der Waals surface area (Å²) in [6.07, 6.45) is 2.57. The first kappa shape index (κ1) is 34.7. The van der Waals surface area contributed by atoms with Gasteiger partial charge >= 0.3 is 5.97 Å². The van der Waals surface area contributed by atoms with Crippen molar-refractivity contribution in [2.75, 3.05) is 6.54 Å². The predicted octanol–water partition coefficient (Wildman–Crippen LogP) is 0.463. The predicted molar refractivity (Wildman–Crippen MR) is 171 cm³/mol. The second kappa shape index (κ2) is 17.5. The third kappa shape index (κ3) is 11.4. The molecule has 0 unspecified atom stereocenters. The van der Waals surface area contributed by atoms with E-state index in [1.807, 2.05) is 54.6 Å². The van der Waals surface area contributed by atoms with Crippen LogP contribution in [-0.2, 0) is 25.6 Å². The number of carboxylic acid groups (broad SMARTS) is 1. The van der Waals surface area contributed by atoms with E-state index >= 15 is 0 Å². The van der Waals surface area contributed by atoms with E-state index in [-0.39, 0.29) is 37.3 Å². The summed E-state index contributed by atoms with van der Waals surface area (Å²) < 4.78 is 0. The van der Waals surface area contributed by atoms with E-state index in [0.29, 0.717) is 12.0 Å². The Morgan fingerprint density at radius 1 is 0.761 bits per heavy atom. The minimum absolute atomic E-state index is 0.00826. The topological polar surface area (TPSA) is 245 Å². The number of nitrogens with one attached hydrogen (secondary N) is 3. The number of nitrogens with two attached hydrogens (primary N) is 3. The highest BCUT2D eigenvalue weighted by Crippen LogP contribution is 2.20. The fraction of sp³-hybridized carbons (Fsp3) is 0.281. The highest BCUT2D eigenvalue weighted by molar-refractivity contribution is 5.98. The van der Waals surface area contributed by atoms with Crippen LogP contribution in [0.1, 0.15) is 41.6 Å². The molecule has 0 saturated heterocycles. The van der Waals surface area contributed by atoms with Crippen LogP contribution in [0.4, 0.5) is 0 Å². The van der Waals surface area contributed by atoms with Gasteiger partial charge in [0, 0.05) is 31.8 Å². The molecule has 242 valence electrons. The summed E-state index contributed by atoms with van der Waals surface area (Å²) in [5, 5.41) is 17.0. The quantitative estimate of drug-likeness (QED) is 0.0621. The van der Waals surface area contributed by atoms with Crippen LogP contribution in [0.25, 0.3) is 11.1 Å². The van der Waals surface area contributed by atoms with Crippen molar-refractivity contribution in [3.05, 3.63) is 90.3 Å². The third-order valence-electron chi connectivity index (χ3n) is 6.93. The number of carboxylic acids is 1. The molecular formula is C32H38N8O6. The SMILES string of the molecule is NC(=O)[C@H](CCCN=C(N)N)NC(=O)[C@H](Cc1ccc(-c2ccccc2)cc1)NC(=O)[C@H](CCC(=O)O)NC(=O)c1cccnc1. The highest BCUT2D eigenvalue weighted by atomic mass is 16.4. The van der Waals surface area contributed by atoms with Gasteiger partial charge in [-0.1, -0.05) is 54.6 Å². The van der Waals surface area contributed by atoms with E-state index in [9.17, 15) is 29.1 Å². The van der Waals surface area contributed by atoms with Gasteiger partial charge in [-0.3, -0.25) is 33.9 Å². The number of nitrogens with zero attached hydrogens (tertiary/aromatic N) is 2. The van der Waals surface area contributed by atoms with Crippen molar-refractivity contribution in [1.29, 1.82) is 0 Å². The van der Waals surface area contributed by atoms with Gasteiger partial charge in [0.05, 0.1) is 5.56 Å². The number of amides is 4. The van der Waals surface area contributed by atoms with Crippen LogP contribution < -0.4 is 33.2 Å². The van der Waals surface area contributed by atoms with E-state index in [0.717, 1.165) is 11.1 Å². The number of aromatic nitrogens is 1. The fourth-order valence-corrected chi connectivity index (χ4v) is 4.52. The Hall–Kier alpha value is -5.79. The van der Waals surface area contributed by atoms with Gasteiger partial charge in [-0.05, 0) is 48.1 Å². The molecule has 3 aromatic rings. The lowest BCUT2D eigenvalue weighted by atomic mass is 9.99. The number of rotatable bonds is 17. The average Bonchev–Trinajstić information content (AvgIpc) is 3.04. The van der Waals surface area contributed by atoms with E-state index in [4.69, 9.17) is 17.2 Å². The van der Waals surface area contributed by atoms with Crippen LogP contribution in [0.3, 0.4) is 0 Å². The molecule has 0 radical (unpaired) electrons. The lowest BCUT2D eigenvalue weighted by Gasteiger charge is -2.25. The number of carbonyl (C=O) groups is 5. The molecule has 0 aliphatic heterocycles. The number of pyridine rings is 1. The van der Waals surface area contributed by atoms with Gasteiger partial charge in [0.15, 0.2) is 5.96 Å². The van der Waals surface area contributed by atoms with E-state index in [2.05, 4.69) is 25.9 Å². The Kier molecular flexibility index (Phi) is 13.2. The molecule has 3 atom stereocenters. The smallest absolute Gasteiger partial charge is 0.303 e. The largest absolute Gasteiger partial charge is 0.481 e. The van der Waals surface area contributed by atoms with Gasteiger partial charge in [-0.25, -0.2) is 0 Å². The Labute approximate surface area is 265 Å². The van der Waals surface area contributed by atoms with Crippen molar-refractivity contribution >= 4 is 35.6 Å². The standard InChI is InChI=1S/C32H38N8O6/c33-28(43)24(9-5-17-37-32(34)35)38-31(46)26(18-20-10-12-22(13-11-20)21-6-2-1-3-7-21)40-30(45)25(14-15-27(41)42)39-29(44)23-8-4-16-36-19-23/h1-4,6-8,10-13,16,19,24-26H,5,9,14-15,17-18H2,(H2,33,43)(H,38,46)(H,39,44)(H,40,45)(H,41,42)(H4,34,35,37)/t24-,25-,26-/m0/s1. The first-order valence-corrected chi connectivity index (χ1v) is 14.6. The third-order valence-corrected chi connectivity index (χ3v) is 6.93. The number of aliphatic imine (C=N–C) groups is 1. The van der Waals surface area contributed by atoms with Crippen LogP contribution in [0, 0.1) is 0 Å². The van der Waals surface area contributed by atoms with E-state index < -0.39 is 54.1 Å². The number of benzene rings is 2. The zero-order valence-corrected chi connectivity index (χ0v) is 25.1. The summed E-state index contributed by atoms with van der Waals surface area (Å²) >= 11 is 0. The Bertz CT molecular complexity index is 1510. The number of primary amides is 1. The van der Waals surface area contributed by atoms with Gasteiger partial charge in [0.1, 0.15) is 18.1 Å². The molecule has 3 rings (SSSR count). The van der Waals surface area contributed by atoms with Crippen molar-refractivity contribution in [3.8, 4) is 11.1 Å². The molecule has 2 aromatic carbocycles. The second-order valence-corrected chi connectivity index (χ2v) is 10.4. The summed E-state index contributed by atoms with van der Waals surface area (Å²) in [5.74, 6) is -4.23. The molecule has 0 bridgehead atoms. The van der Waals surface area contributed by atoms with Gasteiger partial charge in [-0.15, -0.1) is 0 Å². The van der Waals surface area contributed by atoms with E-state index in [1.165, 1.54) is 24.5 Å². The summed E-state index contributed by atoms with van der Waals surface area (Å²) in [7, 11) is 0. The van der Waals surface area contributed by atoms with Gasteiger partial charge in [-0.2, -0.15) is 0 Å². The van der Waals surface area contributed by atoms with Crippen LogP contribution in [0.15, 0.2) is 84.1 Å². The number of hydrogen-bond acceptors (Lipinski definition) is 7. The molecule has 0 aliphatic carbocycles. The van der Waals surface area contributed by atoms with Gasteiger partial charge in [0.25, 0.3) is 5.91 Å². The van der Waals surface area contributed by atoms with Crippen molar-refractivity contribution in [2.45, 2.75) is 50.2 Å². The molecule has 10 N–H and O–H groups in total. The lowest BCUT2D eigenvalue weighted by molar-refractivity contribution is -0.137. The monoisotopic (exact) mass is 630 g/mol. The second-order valence-electron chi connectivity index (χ2n) is 10.4. The van der Waals surface area contributed by atoms with Crippen molar-refractivity contribution in [2.24, 2.45) is 22.2 Å². The number of hydrogen-bond donors (Lipinski definition) is 7. The molecule has 1 aromatic heterocycles. The van der Waals surface area contributed by atoms with Crippen molar-refractivity contribution in [3.63, 3.8) is 0 Å². The van der Waals surface area contributed by atoms with E-state index in [1.54, 1.807) is 0 Å². The molecule has 0 spiro atoms. The first-order chi connectivity index (χ1) is 22.0. The molecular weight excluding hydrogens is 592 g/mol. The average molecular weight is 631 g/mol. The number of guanidine groups is 1. The maximum Gasteiger partial charge on any atom is 0.303 e. The molecule has 14 heteroatoms. The highest BCUT2D eigenvalue weighted by Gasteiger charge is 2.30. The minimum atomic E-state index is -1.30. The lowest BCUT2D eigenvalue weighted by Crippen LogP contribution is -2.57. The Morgan fingerprint density at radius 2 is 1.41 bits per heavy atom. The molecule has 1 heterocycles. The zero-order chi connectivity index (χ0) is 33.5. The molecule has 46 heavy (non-hydrogen) atoms. The summed E-state index contributed by atoms with van der Waals surface area (Å²) in [6.45, 7) is 0.206. The molecule has 4 amide bonds. The molecule has 0 aliphatic rings. The minimum Gasteiger partial charge on any atom is -0.481 e. The summed E-state index contributed by atoms with van der Waals surface area (Å²) in [6, 6.07) is 16.4. The summed E-state index contributed by atoms with van der Waals surface area (Å²) in [5.41, 5.74) is 19.0. The van der Waals surface area contributed by atoms with Crippen molar-refractivity contribution < 1.29 is 29.1 Å². The Balaban J connectivity index is 1.83. The fourth-order valence-electron chi connectivity index (χ4n) is 4.52. The first-order valence-electron chi connectivity index (χ1n) is 14.6. The van der Waals surface area contributed by atoms with Gasteiger partial charge < -0.3 is 38.3 Å². The normalized spacial score (nSPS) is 12.5. The number of aliphatic carboxylic acids is 1. The van der Waals surface area contributed by atoms with Crippen LogP contribution in [0.2, 0.25) is 0 Å². The van der Waals surface area contributed by atoms with Gasteiger partial charge in [0.2, 0.25) is 17.7 Å². The zero-order valence-electron chi connectivity index (χ0n) is 25.1. The van der Waals surface area contributed by atoms with Crippen molar-refractivity contribution in [1.82, 2.24) is 20.9 Å². The Morgan fingerprint density at radius 3 is 2.02 bits per heavy atom. The molecule has 14 nitrogen and oxygen atoms in total. The van der Waals surface area contributed by atoms with Crippen LogP contribution in [0.5, 0.6) is 0 Å². The maximum atomic E-state index is 13.6. The maximum absolute atomic E-state index is 13.6.